The van der Waals surface area contributed by atoms with Gasteiger partial charge in [-0.3, -0.25) is 4.79 Å². The minimum Gasteiger partial charge on any atom is -0.469 e. The summed E-state index contributed by atoms with van der Waals surface area (Å²) in [6.07, 6.45) is 5.06. The second-order valence-corrected chi connectivity index (χ2v) is 6.56. The van der Waals surface area contributed by atoms with E-state index in [1.54, 1.807) is 59.7 Å². The third-order valence-corrected chi connectivity index (χ3v) is 4.53. The van der Waals surface area contributed by atoms with E-state index in [9.17, 15) is 9.59 Å². The molecule has 9 heteroatoms. The normalized spacial score (nSPS) is 11.5. The fourth-order valence-corrected chi connectivity index (χ4v) is 3.01. The molecule has 0 radical (unpaired) electrons. The van der Waals surface area contributed by atoms with Crippen LogP contribution in [-0.2, 0) is 16.1 Å². The Morgan fingerprint density at radius 3 is 2.76 bits per heavy atom. The minimum absolute atomic E-state index is 0.0354. The molecule has 0 aliphatic rings. The van der Waals surface area contributed by atoms with Gasteiger partial charge in [-0.2, -0.15) is 5.10 Å². The van der Waals surface area contributed by atoms with Gasteiger partial charge in [-0.05, 0) is 35.4 Å². The van der Waals surface area contributed by atoms with Crippen molar-refractivity contribution in [3.63, 3.8) is 0 Å². The molecule has 0 aliphatic heterocycles. The monoisotopic (exact) mass is 413 g/mol. The van der Waals surface area contributed by atoms with E-state index < -0.39 is 18.0 Å². The Labute approximate surface area is 172 Å². The van der Waals surface area contributed by atoms with Gasteiger partial charge in [0.25, 0.3) is 0 Å². The number of urea groups is 1. The lowest BCUT2D eigenvalue weighted by molar-refractivity contribution is -0.141. The van der Waals surface area contributed by atoms with Crippen molar-refractivity contribution in [3.8, 4) is 5.82 Å². The molecule has 0 fully saturated rings. The molecule has 0 bridgehead atoms. The van der Waals surface area contributed by atoms with Crippen LogP contribution in [0.4, 0.5) is 4.79 Å². The predicted octanol–water partition coefficient (Wildman–Crippen LogP) is 3.02. The molecule has 1 aromatic carbocycles. The molecule has 29 heavy (non-hydrogen) atoms. The van der Waals surface area contributed by atoms with E-state index in [0.717, 1.165) is 5.56 Å². The Hall–Kier alpha value is -3.39. The first-order valence-corrected chi connectivity index (χ1v) is 9.25. The van der Waals surface area contributed by atoms with Crippen molar-refractivity contribution in [1.29, 1.82) is 0 Å². The number of nitrogens with zero attached hydrogens (tertiary/aromatic N) is 3. The summed E-state index contributed by atoms with van der Waals surface area (Å²) in [5.74, 6) is 0.197. The smallest absolute Gasteiger partial charge is 0.315 e. The number of ether oxygens (including phenoxy) is 1. The molecule has 3 aromatic rings. The summed E-state index contributed by atoms with van der Waals surface area (Å²) < 4.78 is 6.36. The highest BCUT2D eigenvalue weighted by atomic mass is 35.5. The summed E-state index contributed by atoms with van der Waals surface area (Å²) in [5, 5.41) is 10.2. The topological polar surface area (TPSA) is 98.1 Å². The van der Waals surface area contributed by atoms with E-state index in [4.69, 9.17) is 16.3 Å². The Morgan fingerprint density at radius 2 is 2.03 bits per heavy atom. The molecule has 0 aliphatic carbocycles. The Morgan fingerprint density at radius 1 is 1.21 bits per heavy atom. The number of methoxy groups -OCH3 is 1. The van der Waals surface area contributed by atoms with Crippen molar-refractivity contribution in [3.05, 3.63) is 77.2 Å². The number of hydrogen-bond donors (Lipinski definition) is 2. The molecular formula is C20H20ClN5O3. The van der Waals surface area contributed by atoms with E-state index in [1.807, 2.05) is 6.07 Å². The second kappa shape index (κ2) is 9.70. The molecule has 2 N–H and O–H groups in total. The predicted molar refractivity (Wildman–Crippen MR) is 108 cm³/mol. The third-order valence-electron chi connectivity index (χ3n) is 4.19. The van der Waals surface area contributed by atoms with Gasteiger partial charge in [-0.25, -0.2) is 14.5 Å². The fourth-order valence-electron chi connectivity index (χ4n) is 2.74. The molecule has 1 atom stereocenters. The third kappa shape index (κ3) is 5.55. The summed E-state index contributed by atoms with van der Waals surface area (Å²) >= 11 is 6.23. The van der Waals surface area contributed by atoms with Crippen LogP contribution in [0.15, 0.2) is 61.1 Å². The van der Waals surface area contributed by atoms with Crippen molar-refractivity contribution in [2.45, 2.75) is 19.0 Å². The number of amides is 2. The number of rotatable bonds is 7. The molecule has 150 valence electrons. The number of pyridine rings is 1. The van der Waals surface area contributed by atoms with Crippen molar-refractivity contribution in [1.82, 2.24) is 25.4 Å². The highest BCUT2D eigenvalue weighted by Gasteiger charge is 2.21. The summed E-state index contributed by atoms with van der Waals surface area (Å²) in [6.45, 7) is 0.274. The number of carbonyl (C=O) groups is 2. The van der Waals surface area contributed by atoms with Crippen molar-refractivity contribution < 1.29 is 14.3 Å². The van der Waals surface area contributed by atoms with E-state index in [1.165, 1.54) is 7.11 Å². The fraction of sp³-hybridized carbons (Fsp3) is 0.200. The molecular weight excluding hydrogens is 394 g/mol. The first-order chi connectivity index (χ1) is 14.1. The zero-order valence-corrected chi connectivity index (χ0v) is 16.5. The van der Waals surface area contributed by atoms with E-state index in [2.05, 4.69) is 20.7 Å². The standard InChI is InChI=1S/C20H20ClN5O3/c1-29-19(27)12-17(15-5-2-3-6-16(15)21)25-20(28)23-13-14-7-9-22-18(11-14)26-10-4-8-24-26/h2-11,17H,12-13H2,1H3,(H2,23,25,28). The minimum atomic E-state index is -0.617. The van der Waals surface area contributed by atoms with Crippen LogP contribution in [0.5, 0.6) is 0 Å². The summed E-state index contributed by atoms with van der Waals surface area (Å²) in [6, 6.07) is 11.4. The van der Waals surface area contributed by atoms with Crippen LogP contribution in [0.25, 0.3) is 5.82 Å². The zero-order chi connectivity index (χ0) is 20.6. The van der Waals surface area contributed by atoms with Crippen molar-refractivity contribution in [2.24, 2.45) is 0 Å². The van der Waals surface area contributed by atoms with Gasteiger partial charge in [0, 0.05) is 30.2 Å². The summed E-state index contributed by atoms with van der Waals surface area (Å²) in [4.78, 5) is 28.5. The SMILES string of the molecule is COC(=O)CC(NC(=O)NCc1ccnc(-n2cccn2)c1)c1ccccc1Cl. The first-order valence-electron chi connectivity index (χ1n) is 8.87. The lowest BCUT2D eigenvalue weighted by Gasteiger charge is -2.19. The maximum absolute atomic E-state index is 12.4. The van der Waals surface area contributed by atoms with Gasteiger partial charge >= 0.3 is 12.0 Å². The number of esters is 1. The summed E-state index contributed by atoms with van der Waals surface area (Å²) in [5.41, 5.74) is 1.49. The Balaban J connectivity index is 1.65. The van der Waals surface area contributed by atoms with Gasteiger partial charge in [0.1, 0.15) is 0 Å². The number of halogens is 1. The van der Waals surface area contributed by atoms with E-state index in [-0.39, 0.29) is 13.0 Å². The second-order valence-electron chi connectivity index (χ2n) is 6.15. The average molecular weight is 414 g/mol. The number of hydrogen-bond acceptors (Lipinski definition) is 5. The van der Waals surface area contributed by atoms with Gasteiger partial charge in [0.15, 0.2) is 5.82 Å². The van der Waals surface area contributed by atoms with Gasteiger partial charge < -0.3 is 15.4 Å². The number of nitrogens with one attached hydrogen (secondary N) is 2. The highest BCUT2D eigenvalue weighted by Crippen LogP contribution is 2.25. The van der Waals surface area contributed by atoms with Gasteiger partial charge in [-0.1, -0.05) is 29.8 Å². The molecule has 0 saturated carbocycles. The Bertz CT molecular complexity index is 978. The molecule has 2 aromatic heterocycles. The molecule has 3 rings (SSSR count). The van der Waals surface area contributed by atoms with Crippen LogP contribution in [0, 0.1) is 0 Å². The molecule has 2 amide bonds. The largest absolute Gasteiger partial charge is 0.469 e. The molecule has 0 spiro atoms. The number of carbonyl (C=O) groups excluding carboxylic acids is 2. The van der Waals surface area contributed by atoms with Crippen LogP contribution in [0.1, 0.15) is 23.6 Å². The quantitative estimate of drug-likeness (QED) is 0.580. The van der Waals surface area contributed by atoms with Crippen LogP contribution >= 0.6 is 11.6 Å². The molecule has 1 unspecified atom stereocenters. The van der Waals surface area contributed by atoms with Crippen LogP contribution < -0.4 is 10.6 Å². The average Bonchev–Trinajstić information content (AvgIpc) is 3.27. The highest BCUT2D eigenvalue weighted by molar-refractivity contribution is 6.31. The molecule has 8 nitrogen and oxygen atoms in total. The molecule has 0 saturated heterocycles. The summed E-state index contributed by atoms with van der Waals surface area (Å²) in [7, 11) is 1.30. The van der Waals surface area contributed by atoms with Crippen molar-refractivity contribution >= 4 is 23.6 Å². The van der Waals surface area contributed by atoms with Crippen LogP contribution in [-0.4, -0.2) is 33.9 Å². The van der Waals surface area contributed by atoms with Crippen LogP contribution in [0.3, 0.4) is 0 Å². The number of benzene rings is 1. The van der Waals surface area contributed by atoms with Crippen LogP contribution in [0.2, 0.25) is 5.02 Å². The number of aromatic nitrogens is 3. The molecule has 2 heterocycles. The maximum Gasteiger partial charge on any atom is 0.315 e. The van der Waals surface area contributed by atoms with E-state index >= 15 is 0 Å². The lowest BCUT2D eigenvalue weighted by Crippen LogP contribution is -2.38. The lowest BCUT2D eigenvalue weighted by atomic mass is 10.0. The first kappa shape index (κ1) is 20.3. The van der Waals surface area contributed by atoms with Gasteiger partial charge in [0.05, 0.1) is 19.6 Å². The van der Waals surface area contributed by atoms with Gasteiger partial charge in [0.2, 0.25) is 0 Å². The van der Waals surface area contributed by atoms with Crippen molar-refractivity contribution in [2.75, 3.05) is 7.11 Å². The Kier molecular flexibility index (Phi) is 6.80. The zero-order valence-electron chi connectivity index (χ0n) is 15.7. The van der Waals surface area contributed by atoms with Gasteiger partial charge in [-0.15, -0.1) is 0 Å². The van der Waals surface area contributed by atoms with E-state index in [0.29, 0.717) is 16.4 Å². The maximum atomic E-state index is 12.4.